The molecule has 0 fully saturated rings. The van der Waals surface area contributed by atoms with Crippen LogP contribution >= 0.6 is 22.9 Å². The summed E-state index contributed by atoms with van der Waals surface area (Å²) in [4.78, 5) is 24.8. The Labute approximate surface area is 142 Å². The first-order valence-electron chi connectivity index (χ1n) is 6.81. The molecule has 0 radical (unpaired) electrons. The molecule has 8 heteroatoms. The van der Waals surface area contributed by atoms with Gasteiger partial charge in [-0.15, -0.1) is 0 Å². The SMILES string of the molecule is CN(C)[C@H](CNC(=O)c1ccc(Cl)cc1[N+](=O)[O-])c1ccsc1. The van der Waals surface area contributed by atoms with E-state index in [-0.39, 0.29) is 22.3 Å². The van der Waals surface area contributed by atoms with Gasteiger partial charge in [0.1, 0.15) is 5.56 Å². The molecule has 2 rings (SSSR count). The maximum Gasteiger partial charge on any atom is 0.283 e. The molecule has 0 aliphatic rings. The van der Waals surface area contributed by atoms with E-state index in [9.17, 15) is 14.9 Å². The number of amides is 1. The van der Waals surface area contributed by atoms with Crippen molar-refractivity contribution in [3.05, 3.63) is 61.3 Å². The van der Waals surface area contributed by atoms with E-state index >= 15 is 0 Å². The molecule has 1 heterocycles. The average Bonchev–Trinajstić information content (AvgIpc) is 3.00. The van der Waals surface area contributed by atoms with E-state index in [1.54, 1.807) is 11.3 Å². The van der Waals surface area contributed by atoms with Crippen molar-refractivity contribution in [1.29, 1.82) is 0 Å². The third-order valence-electron chi connectivity index (χ3n) is 3.41. The topological polar surface area (TPSA) is 75.5 Å². The van der Waals surface area contributed by atoms with Crippen molar-refractivity contribution in [2.45, 2.75) is 6.04 Å². The summed E-state index contributed by atoms with van der Waals surface area (Å²) in [7, 11) is 3.83. The molecule has 0 saturated heterocycles. The smallest absolute Gasteiger partial charge is 0.283 e. The van der Waals surface area contributed by atoms with Crippen molar-refractivity contribution in [2.24, 2.45) is 0 Å². The number of carbonyl (C=O) groups excluding carboxylic acids is 1. The fraction of sp³-hybridized carbons (Fsp3) is 0.267. The molecule has 0 bridgehead atoms. The summed E-state index contributed by atoms with van der Waals surface area (Å²) in [6, 6.07) is 6.00. The Bertz CT molecular complexity index is 704. The van der Waals surface area contributed by atoms with Gasteiger partial charge in [0.25, 0.3) is 11.6 Å². The highest BCUT2D eigenvalue weighted by Crippen LogP contribution is 2.24. The largest absolute Gasteiger partial charge is 0.350 e. The number of nitro benzene ring substituents is 1. The van der Waals surface area contributed by atoms with Gasteiger partial charge in [-0.25, -0.2) is 0 Å². The maximum absolute atomic E-state index is 12.3. The zero-order chi connectivity index (χ0) is 17.0. The molecule has 6 nitrogen and oxygen atoms in total. The first kappa shape index (κ1) is 17.4. The Morgan fingerprint density at radius 2 is 2.17 bits per heavy atom. The minimum Gasteiger partial charge on any atom is -0.350 e. The number of thiophene rings is 1. The molecule has 0 aliphatic carbocycles. The monoisotopic (exact) mass is 353 g/mol. The molecule has 1 atom stereocenters. The molecule has 2 aromatic rings. The number of nitrogens with zero attached hydrogens (tertiary/aromatic N) is 2. The van der Waals surface area contributed by atoms with Crippen molar-refractivity contribution in [3.8, 4) is 0 Å². The van der Waals surface area contributed by atoms with Gasteiger partial charge in [-0.05, 0) is 48.6 Å². The van der Waals surface area contributed by atoms with Crippen molar-refractivity contribution >= 4 is 34.5 Å². The van der Waals surface area contributed by atoms with Crippen LogP contribution in [0.3, 0.4) is 0 Å². The number of hydrogen-bond donors (Lipinski definition) is 1. The number of halogens is 1. The molecule has 0 unspecified atom stereocenters. The van der Waals surface area contributed by atoms with Crippen molar-refractivity contribution in [3.63, 3.8) is 0 Å². The molecule has 1 N–H and O–H groups in total. The molecule has 122 valence electrons. The first-order valence-corrected chi connectivity index (χ1v) is 8.13. The van der Waals surface area contributed by atoms with Crippen molar-refractivity contribution < 1.29 is 9.72 Å². The van der Waals surface area contributed by atoms with Crippen LogP contribution < -0.4 is 5.32 Å². The van der Waals surface area contributed by atoms with Crippen LogP contribution in [0.15, 0.2) is 35.0 Å². The molecular weight excluding hydrogens is 338 g/mol. The van der Waals surface area contributed by atoms with Gasteiger partial charge in [0.05, 0.1) is 11.0 Å². The molecule has 1 amide bonds. The van der Waals surface area contributed by atoms with Crippen LogP contribution in [0.2, 0.25) is 5.02 Å². The highest BCUT2D eigenvalue weighted by atomic mass is 35.5. The summed E-state index contributed by atoms with van der Waals surface area (Å²) in [5, 5.41) is 18.0. The second kappa shape index (κ2) is 7.54. The van der Waals surface area contributed by atoms with Gasteiger partial charge < -0.3 is 10.2 Å². The standard InChI is InChI=1S/C15H16ClN3O3S/c1-18(2)14(10-5-6-23-9-10)8-17-15(20)12-4-3-11(16)7-13(12)19(21)22/h3-7,9,14H,8H2,1-2H3,(H,17,20)/t14-/m1/s1. The summed E-state index contributed by atoms with van der Waals surface area (Å²) in [5.41, 5.74) is 0.792. The molecule has 23 heavy (non-hydrogen) atoms. The summed E-state index contributed by atoms with van der Waals surface area (Å²) in [6.07, 6.45) is 0. The van der Waals surface area contributed by atoms with Crippen LogP contribution in [-0.4, -0.2) is 36.4 Å². The zero-order valence-electron chi connectivity index (χ0n) is 12.7. The number of benzene rings is 1. The Kier molecular flexibility index (Phi) is 5.70. The van der Waals surface area contributed by atoms with Crippen LogP contribution in [0, 0.1) is 10.1 Å². The number of nitro groups is 1. The highest BCUT2D eigenvalue weighted by Gasteiger charge is 2.22. The lowest BCUT2D eigenvalue weighted by Crippen LogP contribution is -2.34. The van der Waals surface area contributed by atoms with E-state index in [0.717, 1.165) is 5.56 Å². The normalized spacial score (nSPS) is 12.2. The molecule has 1 aromatic heterocycles. The minimum atomic E-state index is -0.608. The number of nitrogens with one attached hydrogen (secondary N) is 1. The number of rotatable bonds is 6. The van der Waals surface area contributed by atoms with E-state index in [1.807, 2.05) is 35.8 Å². The molecule has 0 spiro atoms. The lowest BCUT2D eigenvalue weighted by Gasteiger charge is -2.24. The quantitative estimate of drug-likeness (QED) is 0.638. The number of hydrogen-bond acceptors (Lipinski definition) is 5. The second-order valence-corrected chi connectivity index (χ2v) is 6.38. The van der Waals surface area contributed by atoms with Crippen LogP contribution in [-0.2, 0) is 0 Å². The Balaban J connectivity index is 2.14. The number of carbonyl (C=O) groups is 1. The maximum atomic E-state index is 12.3. The third kappa shape index (κ3) is 4.28. The van der Waals surface area contributed by atoms with E-state index in [1.165, 1.54) is 18.2 Å². The van der Waals surface area contributed by atoms with Crippen molar-refractivity contribution in [2.75, 3.05) is 20.6 Å². The van der Waals surface area contributed by atoms with Gasteiger partial charge in [0.2, 0.25) is 0 Å². The highest BCUT2D eigenvalue weighted by molar-refractivity contribution is 7.07. The van der Waals surface area contributed by atoms with Crippen LogP contribution in [0.4, 0.5) is 5.69 Å². The minimum absolute atomic E-state index is 0.00206. The average molecular weight is 354 g/mol. The van der Waals surface area contributed by atoms with E-state index in [0.29, 0.717) is 6.54 Å². The fourth-order valence-electron chi connectivity index (χ4n) is 2.20. The van der Waals surface area contributed by atoms with Crippen LogP contribution in [0.5, 0.6) is 0 Å². The van der Waals surface area contributed by atoms with Gasteiger partial charge in [-0.1, -0.05) is 11.6 Å². The van der Waals surface area contributed by atoms with E-state index in [4.69, 9.17) is 11.6 Å². The lowest BCUT2D eigenvalue weighted by atomic mass is 10.1. The van der Waals surface area contributed by atoms with Crippen LogP contribution in [0.1, 0.15) is 22.0 Å². The fourth-order valence-corrected chi connectivity index (χ4v) is 3.07. The Morgan fingerprint density at radius 1 is 1.43 bits per heavy atom. The predicted molar refractivity (Wildman–Crippen MR) is 91.2 cm³/mol. The lowest BCUT2D eigenvalue weighted by molar-refractivity contribution is -0.385. The number of likely N-dealkylation sites (N-methyl/N-ethyl adjacent to an activating group) is 1. The molecule has 1 aromatic carbocycles. The third-order valence-corrected chi connectivity index (χ3v) is 4.34. The first-order chi connectivity index (χ1) is 10.9. The second-order valence-electron chi connectivity index (χ2n) is 5.16. The van der Waals surface area contributed by atoms with E-state index < -0.39 is 10.8 Å². The summed E-state index contributed by atoms with van der Waals surface area (Å²) in [6.45, 7) is 0.350. The summed E-state index contributed by atoms with van der Waals surface area (Å²) < 4.78 is 0. The van der Waals surface area contributed by atoms with Gasteiger partial charge in [-0.3, -0.25) is 14.9 Å². The van der Waals surface area contributed by atoms with Gasteiger partial charge >= 0.3 is 0 Å². The summed E-state index contributed by atoms with van der Waals surface area (Å²) in [5.74, 6) is -0.490. The van der Waals surface area contributed by atoms with Crippen molar-refractivity contribution in [1.82, 2.24) is 10.2 Å². The van der Waals surface area contributed by atoms with Gasteiger partial charge in [0.15, 0.2) is 0 Å². The predicted octanol–water partition coefficient (Wildman–Crippen LogP) is 3.34. The van der Waals surface area contributed by atoms with Gasteiger partial charge in [-0.2, -0.15) is 11.3 Å². The van der Waals surface area contributed by atoms with Gasteiger partial charge in [0, 0.05) is 17.6 Å². The molecule has 0 aliphatic heterocycles. The Hall–Kier alpha value is -1.96. The van der Waals surface area contributed by atoms with E-state index in [2.05, 4.69) is 5.32 Å². The molecular formula is C15H16ClN3O3S. The van der Waals surface area contributed by atoms with Crippen LogP contribution in [0.25, 0.3) is 0 Å². The zero-order valence-corrected chi connectivity index (χ0v) is 14.2. The Morgan fingerprint density at radius 3 is 2.74 bits per heavy atom. The molecule has 0 saturated carbocycles. The summed E-state index contributed by atoms with van der Waals surface area (Å²) >= 11 is 7.34.